The van der Waals surface area contributed by atoms with Crippen molar-refractivity contribution in [2.24, 2.45) is 5.92 Å². The fourth-order valence-electron chi connectivity index (χ4n) is 3.94. The van der Waals surface area contributed by atoms with E-state index in [0.29, 0.717) is 22.9 Å². The van der Waals surface area contributed by atoms with Crippen molar-refractivity contribution in [2.45, 2.75) is 36.4 Å². The Kier molecular flexibility index (Phi) is 5.01. The molecule has 0 spiro atoms. The predicted molar refractivity (Wildman–Crippen MR) is 102 cm³/mol. The van der Waals surface area contributed by atoms with Gasteiger partial charge in [0.15, 0.2) is 0 Å². The molecule has 2 aliphatic heterocycles. The van der Waals surface area contributed by atoms with Gasteiger partial charge < -0.3 is 5.32 Å². The number of nitrogens with one attached hydrogen (secondary N) is 1. The molecule has 3 aliphatic rings. The van der Waals surface area contributed by atoms with Crippen LogP contribution in [0, 0.1) is 17.6 Å². The molecule has 28 heavy (non-hydrogen) atoms. The number of nitrogens with zero attached hydrogens (tertiary/aromatic N) is 1. The van der Waals surface area contributed by atoms with Crippen LogP contribution in [0.25, 0.3) is 0 Å². The smallest absolute Gasteiger partial charge is 0.244 e. The van der Waals surface area contributed by atoms with Crippen molar-refractivity contribution in [1.29, 1.82) is 0 Å². The van der Waals surface area contributed by atoms with Crippen molar-refractivity contribution >= 4 is 31.9 Å². The monoisotopic (exact) mass is 470 g/mol. The minimum Gasteiger partial charge on any atom is -0.351 e. The predicted octanol–water partition coefficient (Wildman–Crippen LogP) is 3.20. The highest BCUT2D eigenvalue weighted by atomic mass is 79.9. The van der Waals surface area contributed by atoms with Gasteiger partial charge in [0.2, 0.25) is 15.9 Å². The van der Waals surface area contributed by atoms with E-state index < -0.39 is 33.6 Å². The molecule has 1 N–H and O–H groups in total. The number of amides is 1. The standard InChI is InChI=1S/C19H17BrF2N2O3S/c20-13-5-11(6-15(22)9-13)10-23-19(25)18-12-7-16(8-12)24(18)28(26,27)17-3-1-14(21)2-4-17/h1-6,9,12,16,18H,7-8,10H2,(H,23,25). The lowest BCUT2D eigenvalue weighted by molar-refractivity contribution is -0.124. The van der Waals surface area contributed by atoms with E-state index in [1.165, 1.54) is 28.6 Å². The highest BCUT2D eigenvalue weighted by Gasteiger charge is 2.58. The van der Waals surface area contributed by atoms with Gasteiger partial charge in [-0.1, -0.05) is 15.9 Å². The molecule has 2 aromatic rings. The maximum Gasteiger partial charge on any atom is 0.244 e. The van der Waals surface area contributed by atoms with E-state index in [2.05, 4.69) is 21.2 Å². The van der Waals surface area contributed by atoms with Crippen molar-refractivity contribution in [1.82, 2.24) is 9.62 Å². The summed E-state index contributed by atoms with van der Waals surface area (Å²) in [5.41, 5.74) is 0.568. The number of hydrogen-bond donors (Lipinski definition) is 1. The van der Waals surface area contributed by atoms with Gasteiger partial charge in [-0.2, -0.15) is 4.31 Å². The van der Waals surface area contributed by atoms with Gasteiger partial charge in [0.05, 0.1) is 4.90 Å². The third-order valence-corrected chi connectivity index (χ3v) is 7.68. The minimum absolute atomic E-state index is 0.0340. The lowest BCUT2D eigenvalue weighted by Crippen LogP contribution is -2.46. The van der Waals surface area contributed by atoms with Crippen molar-refractivity contribution in [3.05, 3.63) is 64.1 Å². The number of carbonyl (C=O) groups is 1. The number of benzene rings is 2. The third kappa shape index (κ3) is 3.46. The van der Waals surface area contributed by atoms with Crippen LogP contribution >= 0.6 is 15.9 Å². The van der Waals surface area contributed by atoms with Gasteiger partial charge in [0.1, 0.15) is 17.7 Å². The zero-order valence-electron chi connectivity index (χ0n) is 14.6. The SMILES string of the molecule is O=C(NCc1cc(F)cc(Br)c1)C1C2CC(C2)N1S(=O)(=O)c1ccc(F)cc1. The first-order valence-corrected chi connectivity index (χ1v) is 11.0. The number of halogens is 3. The minimum atomic E-state index is -3.92. The van der Waals surface area contributed by atoms with E-state index >= 15 is 0 Å². The number of fused-ring (bicyclic) bond motifs is 1. The lowest BCUT2D eigenvalue weighted by atomic mass is 9.83. The molecule has 1 aliphatic carbocycles. The maximum atomic E-state index is 13.5. The molecule has 1 atom stereocenters. The van der Waals surface area contributed by atoms with Crippen LogP contribution in [0.5, 0.6) is 0 Å². The number of sulfonamides is 1. The fourth-order valence-corrected chi connectivity index (χ4v) is 6.31. The van der Waals surface area contributed by atoms with Gasteiger partial charge >= 0.3 is 0 Å². The van der Waals surface area contributed by atoms with Crippen LogP contribution in [-0.2, 0) is 21.4 Å². The molecule has 1 saturated carbocycles. The highest BCUT2D eigenvalue weighted by Crippen LogP contribution is 2.48. The van der Waals surface area contributed by atoms with E-state index in [4.69, 9.17) is 0 Å². The summed E-state index contributed by atoms with van der Waals surface area (Å²) < 4.78 is 54.5. The second kappa shape index (κ2) is 7.20. The first-order valence-electron chi connectivity index (χ1n) is 8.77. The largest absolute Gasteiger partial charge is 0.351 e. The molecule has 3 fully saturated rings. The Hall–Kier alpha value is -1.84. The van der Waals surface area contributed by atoms with Crippen LogP contribution < -0.4 is 5.32 Å². The van der Waals surface area contributed by atoms with Gasteiger partial charge in [0, 0.05) is 17.1 Å². The average molecular weight is 471 g/mol. The molecule has 5 nitrogen and oxygen atoms in total. The molecule has 1 amide bonds. The number of hydrogen-bond acceptors (Lipinski definition) is 3. The van der Waals surface area contributed by atoms with Gasteiger partial charge in [-0.25, -0.2) is 17.2 Å². The van der Waals surface area contributed by atoms with E-state index in [0.717, 1.165) is 12.1 Å². The van der Waals surface area contributed by atoms with E-state index in [1.807, 2.05) is 0 Å². The summed E-state index contributed by atoms with van der Waals surface area (Å²) in [6.45, 7) is 0.0908. The van der Waals surface area contributed by atoms with Gasteiger partial charge in [-0.05, 0) is 66.8 Å². The Bertz CT molecular complexity index is 1000. The number of carbonyl (C=O) groups excluding carboxylic acids is 1. The van der Waals surface area contributed by atoms with Crippen LogP contribution in [0.3, 0.4) is 0 Å². The molecule has 2 aromatic carbocycles. The quantitative estimate of drug-likeness (QED) is 0.729. The first kappa shape index (κ1) is 19.5. The Morgan fingerprint density at radius 2 is 1.79 bits per heavy atom. The topological polar surface area (TPSA) is 66.5 Å². The molecular weight excluding hydrogens is 454 g/mol. The Morgan fingerprint density at radius 3 is 2.43 bits per heavy atom. The summed E-state index contributed by atoms with van der Waals surface area (Å²) in [7, 11) is -3.92. The summed E-state index contributed by atoms with van der Waals surface area (Å²) in [4.78, 5) is 12.8. The number of rotatable bonds is 5. The first-order chi connectivity index (χ1) is 13.3. The van der Waals surface area contributed by atoms with Gasteiger partial charge in [-0.3, -0.25) is 4.79 Å². The van der Waals surface area contributed by atoms with Crippen molar-refractivity contribution < 1.29 is 22.0 Å². The van der Waals surface area contributed by atoms with E-state index in [1.54, 1.807) is 6.07 Å². The average Bonchev–Trinajstić information content (AvgIpc) is 3.16. The van der Waals surface area contributed by atoms with Crippen molar-refractivity contribution in [3.8, 4) is 0 Å². The summed E-state index contributed by atoms with van der Waals surface area (Å²) in [6, 6.07) is 7.87. The zero-order valence-corrected chi connectivity index (χ0v) is 17.0. The van der Waals surface area contributed by atoms with Crippen LogP contribution in [-0.4, -0.2) is 30.7 Å². The molecule has 2 heterocycles. The normalized spacial score (nSPS) is 24.0. The van der Waals surface area contributed by atoms with Crippen LogP contribution in [0.4, 0.5) is 8.78 Å². The Balaban J connectivity index is 1.53. The van der Waals surface area contributed by atoms with Crippen LogP contribution in [0.15, 0.2) is 51.8 Å². The molecule has 2 bridgehead atoms. The van der Waals surface area contributed by atoms with Crippen molar-refractivity contribution in [2.75, 3.05) is 0 Å². The summed E-state index contributed by atoms with van der Waals surface area (Å²) in [5, 5.41) is 2.72. The lowest BCUT2D eigenvalue weighted by Gasteiger charge is -2.25. The van der Waals surface area contributed by atoms with Gasteiger partial charge in [-0.15, -0.1) is 0 Å². The maximum absolute atomic E-state index is 13.5. The molecule has 0 radical (unpaired) electrons. The molecule has 9 heteroatoms. The van der Waals surface area contributed by atoms with Crippen LogP contribution in [0.2, 0.25) is 0 Å². The second-order valence-electron chi connectivity index (χ2n) is 7.11. The highest BCUT2D eigenvalue weighted by molar-refractivity contribution is 9.10. The molecule has 5 rings (SSSR count). The summed E-state index contributed by atoms with van der Waals surface area (Å²) >= 11 is 3.20. The molecule has 148 valence electrons. The third-order valence-electron chi connectivity index (χ3n) is 5.28. The fraction of sp³-hybridized carbons (Fsp3) is 0.316. The van der Waals surface area contributed by atoms with E-state index in [9.17, 15) is 22.0 Å². The summed E-state index contributed by atoms with van der Waals surface area (Å²) in [5.74, 6) is -1.40. The molecule has 1 unspecified atom stereocenters. The zero-order chi connectivity index (χ0) is 20.1. The van der Waals surface area contributed by atoms with Crippen LogP contribution in [0.1, 0.15) is 18.4 Å². The second-order valence-corrected chi connectivity index (χ2v) is 9.87. The Morgan fingerprint density at radius 1 is 1.11 bits per heavy atom. The van der Waals surface area contributed by atoms with E-state index in [-0.39, 0.29) is 23.4 Å². The molecule has 0 aromatic heterocycles. The van der Waals surface area contributed by atoms with Crippen molar-refractivity contribution in [3.63, 3.8) is 0 Å². The Labute approximate surface area is 169 Å². The molecular formula is C19H17BrF2N2O3S. The molecule has 2 saturated heterocycles. The van der Waals surface area contributed by atoms with Gasteiger partial charge in [0.25, 0.3) is 0 Å². The summed E-state index contributed by atoms with van der Waals surface area (Å²) in [6.07, 6.45) is 1.26.